The molecule has 4 N–H and O–H groups in total. The van der Waals surface area contributed by atoms with E-state index >= 15 is 0 Å². The average molecular weight is 275 g/mol. The van der Waals surface area contributed by atoms with E-state index in [0.717, 1.165) is 0 Å². The van der Waals surface area contributed by atoms with E-state index in [9.17, 15) is 9.59 Å². The zero-order valence-electron chi connectivity index (χ0n) is 10.7. The van der Waals surface area contributed by atoms with Crippen LogP contribution in [0.3, 0.4) is 0 Å². The molecule has 0 unspecified atom stereocenters. The number of anilines is 1. The molecule has 2 aromatic heterocycles. The molecule has 2 heterocycles. The summed E-state index contributed by atoms with van der Waals surface area (Å²) in [5.41, 5.74) is 5.56. The van der Waals surface area contributed by atoms with Crippen LogP contribution in [0.25, 0.3) is 0 Å². The summed E-state index contributed by atoms with van der Waals surface area (Å²) in [6, 6.07) is 4.62. The van der Waals surface area contributed by atoms with E-state index in [1.807, 2.05) is 0 Å². The molecule has 0 aliphatic carbocycles. The van der Waals surface area contributed by atoms with Crippen molar-refractivity contribution in [2.24, 2.45) is 5.73 Å². The van der Waals surface area contributed by atoms with E-state index in [1.54, 1.807) is 19.1 Å². The SMILES string of the molecule is Cc1oc(CNc2ccc(C(N)=O)cn2)cc1C(=O)O. The summed E-state index contributed by atoms with van der Waals surface area (Å²) in [5.74, 6) is -0.203. The molecule has 2 rings (SSSR count). The van der Waals surface area contributed by atoms with Gasteiger partial charge in [0.2, 0.25) is 5.91 Å². The molecule has 20 heavy (non-hydrogen) atoms. The fourth-order valence-electron chi connectivity index (χ4n) is 1.67. The number of nitrogens with zero attached hydrogens (tertiary/aromatic N) is 1. The van der Waals surface area contributed by atoms with Crippen LogP contribution in [0, 0.1) is 6.92 Å². The van der Waals surface area contributed by atoms with Crippen molar-refractivity contribution >= 4 is 17.7 Å². The number of carbonyl (C=O) groups excluding carboxylic acids is 1. The standard InChI is InChI=1S/C13H13N3O4/c1-7-10(13(18)19)4-9(20-7)6-16-11-3-2-8(5-15-11)12(14)17/h2-5H,6H2,1H3,(H2,14,17)(H,15,16)(H,18,19). The number of carbonyl (C=O) groups is 2. The maximum absolute atomic E-state index is 10.9. The van der Waals surface area contributed by atoms with Crippen molar-refractivity contribution < 1.29 is 19.1 Å². The number of aromatic nitrogens is 1. The Morgan fingerprint density at radius 2 is 2.20 bits per heavy atom. The summed E-state index contributed by atoms with van der Waals surface area (Å²) >= 11 is 0. The van der Waals surface area contributed by atoms with Gasteiger partial charge in [-0.2, -0.15) is 0 Å². The van der Waals surface area contributed by atoms with Crippen molar-refractivity contribution in [1.82, 2.24) is 4.98 Å². The molecule has 0 bridgehead atoms. The number of aryl methyl sites for hydroxylation is 1. The summed E-state index contributed by atoms with van der Waals surface area (Å²) < 4.78 is 5.31. The summed E-state index contributed by atoms with van der Waals surface area (Å²) in [4.78, 5) is 25.8. The number of furan rings is 1. The lowest BCUT2D eigenvalue weighted by molar-refractivity contribution is 0.0694. The molecule has 0 aromatic carbocycles. The van der Waals surface area contributed by atoms with Crippen LogP contribution < -0.4 is 11.1 Å². The van der Waals surface area contributed by atoms with Gasteiger partial charge in [0.25, 0.3) is 0 Å². The fraction of sp³-hybridized carbons (Fsp3) is 0.154. The van der Waals surface area contributed by atoms with Crippen LogP contribution in [-0.4, -0.2) is 22.0 Å². The van der Waals surface area contributed by atoms with Crippen LogP contribution in [0.15, 0.2) is 28.8 Å². The third kappa shape index (κ3) is 2.94. The lowest BCUT2D eigenvalue weighted by atomic mass is 10.2. The molecule has 104 valence electrons. The van der Waals surface area contributed by atoms with E-state index in [-0.39, 0.29) is 12.1 Å². The van der Waals surface area contributed by atoms with Gasteiger partial charge >= 0.3 is 5.97 Å². The topological polar surface area (TPSA) is 118 Å². The minimum Gasteiger partial charge on any atom is -0.478 e. The predicted octanol–water partition coefficient (Wildman–Crippen LogP) is 1.39. The van der Waals surface area contributed by atoms with Crippen LogP contribution >= 0.6 is 0 Å². The zero-order valence-corrected chi connectivity index (χ0v) is 10.7. The number of nitrogens with two attached hydrogens (primary N) is 1. The van der Waals surface area contributed by atoms with Crippen molar-refractivity contribution in [3.8, 4) is 0 Å². The number of nitrogens with one attached hydrogen (secondary N) is 1. The Kier molecular flexibility index (Phi) is 3.69. The van der Waals surface area contributed by atoms with Gasteiger partial charge in [-0.05, 0) is 25.1 Å². The first kappa shape index (κ1) is 13.6. The van der Waals surface area contributed by atoms with Crippen LogP contribution in [0.5, 0.6) is 0 Å². The maximum atomic E-state index is 10.9. The molecule has 1 amide bonds. The quantitative estimate of drug-likeness (QED) is 0.758. The molecule has 0 saturated carbocycles. The average Bonchev–Trinajstić information content (AvgIpc) is 2.78. The molecular formula is C13H13N3O4. The van der Waals surface area contributed by atoms with E-state index < -0.39 is 11.9 Å². The lowest BCUT2D eigenvalue weighted by Gasteiger charge is -2.03. The second-order valence-corrected chi connectivity index (χ2v) is 4.14. The Labute approximate surface area is 114 Å². The Morgan fingerprint density at radius 3 is 2.70 bits per heavy atom. The van der Waals surface area contributed by atoms with Gasteiger partial charge in [0.1, 0.15) is 22.9 Å². The van der Waals surface area contributed by atoms with Crippen molar-refractivity contribution in [3.05, 3.63) is 47.0 Å². The Balaban J connectivity index is 2.03. The maximum Gasteiger partial charge on any atom is 0.339 e. The minimum absolute atomic E-state index is 0.138. The summed E-state index contributed by atoms with van der Waals surface area (Å²) in [6.45, 7) is 1.88. The number of pyridine rings is 1. The first-order chi connectivity index (χ1) is 9.47. The van der Waals surface area contributed by atoms with Gasteiger partial charge in [0.15, 0.2) is 0 Å². The largest absolute Gasteiger partial charge is 0.478 e. The third-order valence-corrected chi connectivity index (χ3v) is 2.69. The molecule has 0 fully saturated rings. The summed E-state index contributed by atoms with van der Waals surface area (Å²) in [5, 5.41) is 11.9. The summed E-state index contributed by atoms with van der Waals surface area (Å²) in [7, 11) is 0. The van der Waals surface area contributed by atoms with Crippen molar-refractivity contribution in [2.45, 2.75) is 13.5 Å². The highest BCUT2D eigenvalue weighted by Gasteiger charge is 2.13. The molecule has 0 atom stereocenters. The van der Waals surface area contributed by atoms with E-state index in [4.69, 9.17) is 15.3 Å². The molecular weight excluding hydrogens is 262 g/mol. The van der Waals surface area contributed by atoms with Crippen LogP contribution in [0.4, 0.5) is 5.82 Å². The monoisotopic (exact) mass is 275 g/mol. The Bertz CT molecular complexity index is 646. The van der Waals surface area contributed by atoms with Gasteiger partial charge in [-0.1, -0.05) is 0 Å². The van der Waals surface area contributed by atoms with Gasteiger partial charge in [-0.3, -0.25) is 4.79 Å². The van der Waals surface area contributed by atoms with E-state index in [0.29, 0.717) is 22.9 Å². The van der Waals surface area contributed by atoms with Crippen LogP contribution in [0.1, 0.15) is 32.2 Å². The smallest absolute Gasteiger partial charge is 0.339 e. The van der Waals surface area contributed by atoms with Gasteiger partial charge in [0.05, 0.1) is 12.1 Å². The van der Waals surface area contributed by atoms with E-state index in [1.165, 1.54) is 12.3 Å². The molecule has 7 nitrogen and oxygen atoms in total. The second-order valence-electron chi connectivity index (χ2n) is 4.14. The Hall–Kier alpha value is -2.83. The molecule has 0 saturated heterocycles. The summed E-state index contributed by atoms with van der Waals surface area (Å²) in [6.07, 6.45) is 1.36. The highest BCUT2D eigenvalue weighted by atomic mass is 16.4. The first-order valence-electron chi connectivity index (χ1n) is 5.79. The van der Waals surface area contributed by atoms with Crippen LogP contribution in [-0.2, 0) is 6.54 Å². The van der Waals surface area contributed by atoms with Crippen LogP contribution in [0.2, 0.25) is 0 Å². The number of aromatic carboxylic acids is 1. The highest BCUT2D eigenvalue weighted by Crippen LogP contribution is 2.16. The van der Waals surface area contributed by atoms with Crippen molar-refractivity contribution in [2.75, 3.05) is 5.32 Å². The van der Waals surface area contributed by atoms with Crippen molar-refractivity contribution in [1.29, 1.82) is 0 Å². The zero-order chi connectivity index (χ0) is 14.7. The number of hydrogen-bond acceptors (Lipinski definition) is 5. The number of carboxylic acids is 1. The number of carboxylic acid groups (broad SMARTS) is 1. The second kappa shape index (κ2) is 5.43. The van der Waals surface area contributed by atoms with Gasteiger partial charge in [0, 0.05) is 6.20 Å². The minimum atomic E-state index is -1.03. The fourth-order valence-corrected chi connectivity index (χ4v) is 1.67. The highest BCUT2D eigenvalue weighted by molar-refractivity contribution is 5.92. The molecule has 0 radical (unpaired) electrons. The molecule has 2 aromatic rings. The van der Waals surface area contributed by atoms with Gasteiger partial charge in [-0.15, -0.1) is 0 Å². The Morgan fingerprint density at radius 1 is 1.45 bits per heavy atom. The third-order valence-electron chi connectivity index (χ3n) is 2.69. The normalized spacial score (nSPS) is 10.2. The predicted molar refractivity (Wildman–Crippen MR) is 70.5 cm³/mol. The number of hydrogen-bond donors (Lipinski definition) is 3. The molecule has 0 aliphatic rings. The van der Waals surface area contributed by atoms with Crippen molar-refractivity contribution in [3.63, 3.8) is 0 Å². The number of amides is 1. The molecule has 0 aliphatic heterocycles. The lowest BCUT2D eigenvalue weighted by Crippen LogP contribution is -2.11. The van der Waals surface area contributed by atoms with Gasteiger partial charge in [-0.25, -0.2) is 9.78 Å². The number of rotatable bonds is 5. The van der Waals surface area contributed by atoms with Gasteiger partial charge < -0.3 is 20.6 Å². The number of primary amides is 1. The van der Waals surface area contributed by atoms with E-state index in [2.05, 4.69) is 10.3 Å². The first-order valence-corrected chi connectivity index (χ1v) is 5.79. The molecule has 0 spiro atoms. The molecule has 7 heteroatoms.